The Bertz CT molecular complexity index is 461. The van der Waals surface area contributed by atoms with Crippen molar-refractivity contribution >= 4 is 12.0 Å². The maximum Gasteiger partial charge on any atom is 0.317 e. The molecule has 0 bridgehead atoms. The Morgan fingerprint density at radius 2 is 2.16 bits per heavy atom. The molecule has 0 spiro atoms. The summed E-state index contributed by atoms with van der Waals surface area (Å²) in [5, 5.41) is 11.6. The van der Waals surface area contributed by atoms with Crippen molar-refractivity contribution in [1.82, 2.24) is 10.2 Å². The van der Waals surface area contributed by atoms with Gasteiger partial charge in [0.15, 0.2) is 0 Å². The van der Waals surface area contributed by atoms with Crippen LogP contribution in [0.5, 0.6) is 0 Å². The van der Waals surface area contributed by atoms with Gasteiger partial charge in [-0.15, -0.1) is 0 Å². The number of benzene rings is 1. The Morgan fingerprint density at radius 3 is 2.79 bits per heavy atom. The number of nitrogens with zero attached hydrogens (tertiary/aromatic N) is 1. The van der Waals surface area contributed by atoms with Gasteiger partial charge in [0.1, 0.15) is 0 Å². The molecule has 2 unspecified atom stereocenters. The van der Waals surface area contributed by atoms with Gasteiger partial charge in [0.2, 0.25) is 0 Å². The van der Waals surface area contributed by atoms with Gasteiger partial charge < -0.3 is 15.3 Å². The van der Waals surface area contributed by atoms with E-state index in [0.29, 0.717) is 13.1 Å². The number of carbonyl (C=O) groups is 2. The minimum absolute atomic E-state index is 0.0404. The van der Waals surface area contributed by atoms with E-state index in [0.717, 1.165) is 5.56 Å². The first-order chi connectivity index (χ1) is 9.08. The fourth-order valence-corrected chi connectivity index (χ4v) is 2.39. The lowest BCUT2D eigenvalue weighted by atomic mass is 10.00. The van der Waals surface area contributed by atoms with E-state index in [4.69, 9.17) is 5.11 Å². The van der Waals surface area contributed by atoms with Crippen molar-refractivity contribution in [2.45, 2.75) is 19.4 Å². The van der Waals surface area contributed by atoms with Crippen LogP contribution in [0.4, 0.5) is 4.79 Å². The van der Waals surface area contributed by atoms with Crippen molar-refractivity contribution < 1.29 is 14.7 Å². The molecule has 0 aromatic heterocycles. The van der Waals surface area contributed by atoms with Crippen LogP contribution in [0.3, 0.4) is 0 Å². The first-order valence-corrected chi connectivity index (χ1v) is 6.39. The number of nitrogens with one attached hydrogen (secondary N) is 1. The van der Waals surface area contributed by atoms with Crippen LogP contribution in [-0.4, -0.2) is 35.1 Å². The lowest BCUT2D eigenvalue weighted by molar-refractivity contribution is -0.138. The number of carbonyl (C=O) groups excluding carboxylic acids is 1. The Balaban J connectivity index is 2.08. The summed E-state index contributed by atoms with van der Waals surface area (Å²) < 4.78 is 0. The Labute approximate surface area is 112 Å². The third kappa shape index (κ3) is 3.24. The molecular weight excluding hydrogens is 244 g/mol. The van der Waals surface area contributed by atoms with Crippen LogP contribution < -0.4 is 5.32 Å². The second kappa shape index (κ2) is 5.73. The standard InChI is InChI=1S/C14H18N2O3/c1-10(12-5-3-2-4-6-12)16-9-11(7-13(17)18)8-15-14(16)19/h2-6,10-11H,7-9H2,1H3,(H,15,19)(H,17,18). The molecule has 102 valence electrons. The van der Waals surface area contributed by atoms with Gasteiger partial charge in [0, 0.05) is 19.0 Å². The largest absolute Gasteiger partial charge is 0.481 e. The number of hydrogen-bond acceptors (Lipinski definition) is 2. The van der Waals surface area contributed by atoms with Gasteiger partial charge in [0.05, 0.1) is 12.5 Å². The molecule has 1 aliphatic rings. The van der Waals surface area contributed by atoms with Gasteiger partial charge in [-0.25, -0.2) is 4.79 Å². The summed E-state index contributed by atoms with van der Waals surface area (Å²) >= 11 is 0. The zero-order chi connectivity index (χ0) is 13.8. The highest BCUT2D eigenvalue weighted by molar-refractivity contribution is 5.76. The van der Waals surface area contributed by atoms with E-state index in [9.17, 15) is 9.59 Å². The molecule has 1 aliphatic heterocycles. The SMILES string of the molecule is CC(c1ccccc1)N1CC(CC(=O)O)CNC1=O. The third-order valence-electron chi connectivity index (χ3n) is 3.47. The Morgan fingerprint density at radius 1 is 1.47 bits per heavy atom. The summed E-state index contributed by atoms with van der Waals surface area (Å²) in [6, 6.07) is 9.55. The highest BCUT2D eigenvalue weighted by atomic mass is 16.4. The number of aliphatic carboxylic acids is 1. The summed E-state index contributed by atoms with van der Waals surface area (Å²) in [5.41, 5.74) is 1.05. The number of urea groups is 1. The molecule has 1 aromatic carbocycles. The van der Waals surface area contributed by atoms with E-state index in [1.807, 2.05) is 37.3 Å². The topological polar surface area (TPSA) is 69.6 Å². The molecule has 1 saturated heterocycles. The average molecular weight is 262 g/mol. The van der Waals surface area contributed by atoms with Crippen molar-refractivity contribution in [2.24, 2.45) is 5.92 Å². The zero-order valence-corrected chi connectivity index (χ0v) is 10.9. The Kier molecular flexibility index (Phi) is 4.04. The van der Waals surface area contributed by atoms with Crippen LogP contribution in [0.2, 0.25) is 0 Å². The van der Waals surface area contributed by atoms with Crippen LogP contribution in [0.1, 0.15) is 24.9 Å². The molecule has 2 atom stereocenters. The smallest absolute Gasteiger partial charge is 0.317 e. The normalized spacial score (nSPS) is 20.8. The summed E-state index contributed by atoms with van der Waals surface area (Å²) in [4.78, 5) is 24.4. The van der Waals surface area contributed by atoms with Gasteiger partial charge in [-0.2, -0.15) is 0 Å². The molecule has 1 heterocycles. The van der Waals surface area contributed by atoms with Crippen molar-refractivity contribution in [3.8, 4) is 0 Å². The van der Waals surface area contributed by atoms with Crippen LogP contribution in [0, 0.1) is 5.92 Å². The minimum atomic E-state index is -0.825. The maximum atomic E-state index is 11.9. The summed E-state index contributed by atoms with van der Waals surface area (Å²) in [5.74, 6) is -0.866. The molecule has 0 radical (unpaired) electrons. The van der Waals surface area contributed by atoms with Gasteiger partial charge in [-0.1, -0.05) is 30.3 Å². The highest BCUT2D eigenvalue weighted by Crippen LogP contribution is 2.24. The Hall–Kier alpha value is -2.04. The van der Waals surface area contributed by atoms with Gasteiger partial charge in [0.25, 0.3) is 0 Å². The zero-order valence-electron chi connectivity index (χ0n) is 10.9. The number of hydrogen-bond donors (Lipinski definition) is 2. The van der Waals surface area contributed by atoms with Crippen molar-refractivity contribution in [1.29, 1.82) is 0 Å². The molecule has 1 fully saturated rings. The van der Waals surface area contributed by atoms with Crippen molar-refractivity contribution in [2.75, 3.05) is 13.1 Å². The maximum absolute atomic E-state index is 11.9. The van der Waals surface area contributed by atoms with Crippen LogP contribution in [0.15, 0.2) is 30.3 Å². The minimum Gasteiger partial charge on any atom is -0.481 e. The van der Waals surface area contributed by atoms with Crippen molar-refractivity contribution in [3.05, 3.63) is 35.9 Å². The molecule has 0 saturated carbocycles. The molecule has 5 heteroatoms. The van der Waals surface area contributed by atoms with Crippen LogP contribution in [0.25, 0.3) is 0 Å². The van der Waals surface area contributed by atoms with Crippen molar-refractivity contribution in [3.63, 3.8) is 0 Å². The average Bonchev–Trinajstić information content (AvgIpc) is 2.40. The molecule has 2 N–H and O–H groups in total. The molecule has 2 amide bonds. The summed E-state index contributed by atoms with van der Waals surface area (Å²) in [6.07, 6.45) is 0.0816. The lowest BCUT2D eigenvalue weighted by Gasteiger charge is -2.37. The fourth-order valence-electron chi connectivity index (χ4n) is 2.39. The molecule has 5 nitrogen and oxygen atoms in total. The predicted molar refractivity (Wildman–Crippen MR) is 70.7 cm³/mol. The summed E-state index contributed by atoms with van der Waals surface area (Å²) in [6.45, 7) is 2.87. The predicted octanol–water partition coefficient (Wildman–Crippen LogP) is 1.86. The second-order valence-corrected chi connectivity index (χ2v) is 4.89. The molecule has 2 rings (SSSR count). The van der Waals surface area contributed by atoms with E-state index in [-0.39, 0.29) is 24.4 Å². The molecule has 1 aromatic rings. The van der Waals surface area contributed by atoms with E-state index in [1.54, 1.807) is 4.90 Å². The lowest BCUT2D eigenvalue weighted by Crippen LogP contribution is -2.52. The van der Waals surface area contributed by atoms with E-state index in [2.05, 4.69) is 5.32 Å². The monoisotopic (exact) mass is 262 g/mol. The number of amides is 2. The van der Waals surface area contributed by atoms with Gasteiger partial charge in [-0.05, 0) is 12.5 Å². The van der Waals surface area contributed by atoms with Crippen LogP contribution >= 0.6 is 0 Å². The van der Waals surface area contributed by atoms with Crippen LogP contribution in [-0.2, 0) is 4.79 Å². The first kappa shape index (κ1) is 13.4. The van der Waals surface area contributed by atoms with E-state index >= 15 is 0 Å². The number of carboxylic acids is 1. The molecule has 0 aliphatic carbocycles. The second-order valence-electron chi connectivity index (χ2n) is 4.89. The first-order valence-electron chi connectivity index (χ1n) is 6.39. The van der Waals surface area contributed by atoms with Gasteiger partial charge >= 0.3 is 12.0 Å². The van der Waals surface area contributed by atoms with E-state index in [1.165, 1.54) is 0 Å². The number of carboxylic acid groups (broad SMARTS) is 1. The molecular formula is C14H18N2O3. The van der Waals surface area contributed by atoms with E-state index < -0.39 is 5.97 Å². The highest BCUT2D eigenvalue weighted by Gasteiger charge is 2.30. The number of rotatable bonds is 4. The molecule has 19 heavy (non-hydrogen) atoms. The fraction of sp³-hybridized carbons (Fsp3) is 0.429. The quantitative estimate of drug-likeness (QED) is 0.870. The summed E-state index contributed by atoms with van der Waals surface area (Å²) in [7, 11) is 0. The third-order valence-corrected chi connectivity index (χ3v) is 3.47. The van der Waals surface area contributed by atoms with Gasteiger partial charge in [-0.3, -0.25) is 4.79 Å².